The number of hydrogen-bond donors (Lipinski definition) is 0. The Morgan fingerprint density at radius 1 is 1.31 bits per heavy atom. The van der Waals surface area contributed by atoms with E-state index in [-0.39, 0.29) is 5.78 Å². The van der Waals surface area contributed by atoms with E-state index in [2.05, 4.69) is 43.3 Å². The molecule has 84 valence electrons. The minimum absolute atomic E-state index is 0.277. The van der Waals surface area contributed by atoms with Gasteiger partial charge in [0.1, 0.15) is 0 Å². The third-order valence-electron chi connectivity index (χ3n) is 3.44. The molecule has 0 aromatic heterocycles. The Labute approximate surface area is 97.2 Å². The normalized spacial score (nSPS) is 22.1. The van der Waals surface area contributed by atoms with E-state index < -0.39 is 0 Å². The first-order valence-electron chi connectivity index (χ1n) is 6.07. The third-order valence-corrected chi connectivity index (χ3v) is 3.44. The predicted octanol–water partition coefficient (Wildman–Crippen LogP) is 3.72. The van der Waals surface area contributed by atoms with Crippen LogP contribution >= 0.6 is 0 Å². The van der Waals surface area contributed by atoms with Gasteiger partial charge >= 0.3 is 0 Å². The van der Waals surface area contributed by atoms with Gasteiger partial charge in [-0.3, -0.25) is 4.79 Å². The zero-order valence-electron chi connectivity index (χ0n) is 9.73. The standard InChI is InChI=1S/C15H18O/c1-2-15(12-6-4-3-5-7-12)13-8-10-14(16)11-9-13/h3-8,10,13,15H,2,9,11H2,1H3. The Kier molecular flexibility index (Phi) is 3.55. The molecule has 0 heterocycles. The van der Waals surface area contributed by atoms with Gasteiger partial charge in [-0.2, -0.15) is 0 Å². The quantitative estimate of drug-likeness (QED) is 0.749. The van der Waals surface area contributed by atoms with Crippen molar-refractivity contribution in [3.8, 4) is 0 Å². The van der Waals surface area contributed by atoms with Gasteiger partial charge in [0, 0.05) is 6.42 Å². The first kappa shape index (κ1) is 11.1. The number of allylic oxidation sites excluding steroid dienone is 2. The molecule has 1 aliphatic carbocycles. The van der Waals surface area contributed by atoms with Gasteiger partial charge in [-0.15, -0.1) is 0 Å². The molecule has 2 unspecified atom stereocenters. The van der Waals surface area contributed by atoms with Crippen molar-refractivity contribution in [2.24, 2.45) is 5.92 Å². The highest BCUT2D eigenvalue weighted by Crippen LogP contribution is 2.33. The summed E-state index contributed by atoms with van der Waals surface area (Å²) in [5.74, 6) is 1.37. The van der Waals surface area contributed by atoms with Crippen LogP contribution in [-0.2, 0) is 4.79 Å². The number of hydrogen-bond acceptors (Lipinski definition) is 1. The molecule has 0 spiro atoms. The van der Waals surface area contributed by atoms with Crippen molar-refractivity contribution in [2.75, 3.05) is 0 Å². The Morgan fingerprint density at radius 3 is 2.62 bits per heavy atom. The van der Waals surface area contributed by atoms with Crippen LogP contribution in [0.4, 0.5) is 0 Å². The highest BCUT2D eigenvalue weighted by Gasteiger charge is 2.22. The molecule has 0 saturated heterocycles. The van der Waals surface area contributed by atoms with E-state index in [1.165, 1.54) is 5.56 Å². The molecule has 0 fully saturated rings. The minimum atomic E-state index is 0.277. The van der Waals surface area contributed by atoms with Crippen LogP contribution < -0.4 is 0 Å². The van der Waals surface area contributed by atoms with Crippen molar-refractivity contribution in [2.45, 2.75) is 32.1 Å². The lowest BCUT2D eigenvalue weighted by Crippen LogP contribution is -2.15. The van der Waals surface area contributed by atoms with E-state index in [1.54, 1.807) is 6.08 Å². The maximum Gasteiger partial charge on any atom is 0.155 e. The Morgan fingerprint density at radius 2 is 2.06 bits per heavy atom. The van der Waals surface area contributed by atoms with Gasteiger partial charge in [0.05, 0.1) is 0 Å². The molecule has 0 bridgehead atoms. The number of ketones is 1. The smallest absolute Gasteiger partial charge is 0.155 e. The van der Waals surface area contributed by atoms with Crippen LogP contribution in [0.3, 0.4) is 0 Å². The average molecular weight is 214 g/mol. The van der Waals surface area contributed by atoms with Crippen molar-refractivity contribution >= 4 is 5.78 Å². The maximum atomic E-state index is 11.2. The fraction of sp³-hybridized carbons (Fsp3) is 0.400. The van der Waals surface area contributed by atoms with Gasteiger partial charge in [0.15, 0.2) is 5.78 Å². The highest BCUT2D eigenvalue weighted by atomic mass is 16.1. The lowest BCUT2D eigenvalue weighted by molar-refractivity contribution is -0.115. The van der Waals surface area contributed by atoms with Gasteiger partial charge < -0.3 is 0 Å². The number of carbonyl (C=O) groups excluding carboxylic acids is 1. The fourth-order valence-electron chi connectivity index (χ4n) is 2.54. The number of rotatable bonds is 3. The van der Waals surface area contributed by atoms with Gasteiger partial charge in [0.25, 0.3) is 0 Å². The molecule has 0 radical (unpaired) electrons. The van der Waals surface area contributed by atoms with Crippen LogP contribution in [0.1, 0.15) is 37.7 Å². The molecule has 0 aliphatic heterocycles. The van der Waals surface area contributed by atoms with Crippen LogP contribution in [0, 0.1) is 5.92 Å². The molecule has 16 heavy (non-hydrogen) atoms. The summed E-state index contributed by atoms with van der Waals surface area (Å²) in [6.07, 6.45) is 6.72. The molecule has 2 rings (SSSR count). The SMILES string of the molecule is CCC(c1ccccc1)C1C=CC(=O)CC1. The summed E-state index contributed by atoms with van der Waals surface area (Å²) in [6, 6.07) is 10.6. The van der Waals surface area contributed by atoms with Crippen LogP contribution in [0.2, 0.25) is 0 Å². The van der Waals surface area contributed by atoms with E-state index in [1.807, 2.05) is 0 Å². The van der Waals surface area contributed by atoms with Crippen molar-refractivity contribution in [3.63, 3.8) is 0 Å². The summed E-state index contributed by atoms with van der Waals surface area (Å²) in [5, 5.41) is 0. The third kappa shape index (κ3) is 2.41. The van der Waals surface area contributed by atoms with Crippen molar-refractivity contribution in [1.82, 2.24) is 0 Å². The van der Waals surface area contributed by atoms with E-state index in [0.29, 0.717) is 18.3 Å². The first-order valence-corrected chi connectivity index (χ1v) is 6.07. The summed E-state index contributed by atoms with van der Waals surface area (Å²) in [6.45, 7) is 2.22. The predicted molar refractivity (Wildman–Crippen MR) is 66.3 cm³/mol. The van der Waals surface area contributed by atoms with Crippen molar-refractivity contribution in [1.29, 1.82) is 0 Å². The molecule has 1 aromatic rings. The lowest BCUT2D eigenvalue weighted by Gasteiger charge is -2.25. The largest absolute Gasteiger partial charge is 0.295 e. The summed E-state index contributed by atoms with van der Waals surface area (Å²) in [5.41, 5.74) is 1.40. The molecule has 0 N–H and O–H groups in total. The van der Waals surface area contributed by atoms with Gasteiger partial charge in [-0.1, -0.05) is 43.3 Å². The Hall–Kier alpha value is -1.37. The first-order chi connectivity index (χ1) is 7.81. The Bertz CT molecular complexity index is 378. The van der Waals surface area contributed by atoms with E-state index in [9.17, 15) is 4.79 Å². The van der Waals surface area contributed by atoms with E-state index in [4.69, 9.17) is 0 Å². The van der Waals surface area contributed by atoms with Crippen LogP contribution in [0.25, 0.3) is 0 Å². The topological polar surface area (TPSA) is 17.1 Å². The van der Waals surface area contributed by atoms with E-state index >= 15 is 0 Å². The zero-order valence-corrected chi connectivity index (χ0v) is 9.73. The molecule has 1 heteroatoms. The molecule has 2 atom stereocenters. The number of carbonyl (C=O) groups is 1. The maximum absolute atomic E-state index is 11.2. The zero-order chi connectivity index (χ0) is 11.4. The van der Waals surface area contributed by atoms with Crippen LogP contribution in [0.5, 0.6) is 0 Å². The summed E-state index contributed by atoms with van der Waals surface area (Å²) >= 11 is 0. The molecule has 0 saturated carbocycles. The van der Waals surface area contributed by atoms with Crippen molar-refractivity contribution < 1.29 is 4.79 Å². The van der Waals surface area contributed by atoms with Crippen LogP contribution in [-0.4, -0.2) is 5.78 Å². The molecular weight excluding hydrogens is 196 g/mol. The average Bonchev–Trinajstić information content (AvgIpc) is 2.34. The van der Waals surface area contributed by atoms with Gasteiger partial charge in [0.2, 0.25) is 0 Å². The minimum Gasteiger partial charge on any atom is -0.295 e. The summed E-state index contributed by atoms with van der Waals surface area (Å²) in [4.78, 5) is 11.2. The van der Waals surface area contributed by atoms with Gasteiger partial charge in [-0.25, -0.2) is 0 Å². The molecule has 0 amide bonds. The second-order valence-corrected chi connectivity index (χ2v) is 4.45. The highest BCUT2D eigenvalue weighted by molar-refractivity contribution is 5.90. The molecule has 1 aliphatic rings. The summed E-state index contributed by atoms with van der Waals surface area (Å²) in [7, 11) is 0. The number of benzene rings is 1. The Balaban J connectivity index is 2.17. The molecule has 1 nitrogen and oxygen atoms in total. The van der Waals surface area contributed by atoms with Crippen molar-refractivity contribution in [3.05, 3.63) is 48.0 Å². The molecule has 1 aromatic carbocycles. The van der Waals surface area contributed by atoms with Gasteiger partial charge in [-0.05, 0) is 36.3 Å². The second-order valence-electron chi connectivity index (χ2n) is 4.45. The molecular formula is C15H18O. The van der Waals surface area contributed by atoms with E-state index in [0.717, 1.165) is 12.8 Å². The summed E-state index contributed by atoms with van der Waals surface area (Å²) < 4.78 is 0. The monoisotopic (exact) mass is 214 g/mol. The second kappa shape index (κ2) is 5.11. The fourth-order valence-corrected chi connectivity index (χ4v) is 2.54. The van der Waals surface area contributed by atoms with Crippen LogP contribution in [0.15, 0.2) is 42.5 Å². The lowest BCUT2D eigenvalue weighted by atomic mass is 9.79.